The van der Waals surface area contributed by atoms with Crippen molar-refractivity contribution in [2.24, 2.45) is 5.92 Å². The van der Waals surface area contributed by atoms with Crippen molar-refractivity contribution in [2.45, 2.75) is 62.4 Å². The second-order valence-electron chi connectivity index (χ2n) is 10.4. The van der Waals surface area contributed by atoms with E-state index in [-0.39, 0.29) is 42.1 Å². The van der Waals surface area contributed by atoms with E-state index in [1.54, 1.807) is 0 Å². The predicted molar refractivity (Wildman–Crippen MR) is 135 cm³/mol. The van der Waals surface area contributed by atoms with Crippen molar-refractivity contribution in [2.75, 3.05) is 18.4 Å². The van der Waals surface area contributed by atoms with Crippen molar-refractivity contribution in [1.82, 2.24) is 15.1 Å². The standard InChI is InChI=1S/C27H28ClF3N4O/c28-20-4-2-1-3-18(20)23-24(15-7-11-35(12-8-15)17-5-9-27(30,31)10-6-17)32-21-14-16(29)13-19-22(21)25(23)33-34-26(19)36/h1-4,13-15,17,23-24,32H,5-12H2,(H,34,36)/t23-,24-/m1/s1. The fourth-order valence-electron chi connectivity index (χ4n) is 6.55. The van der Waals surface area contributed by atoms with E-state index < -0.39 is 17.3 Å². The fraction of sp³-hybridized carbons (Fsp3) is 0.481. The van der Waals surface area contributed by atoms with Gasteiger partial charge in [0.1, 0.15) is 5.82 Å². The van der Waals surface area contributed by atoms with Crippen LogP contribution in [0, 0.1) is 11.7 Å². The van der Waals surface area contributed by atoms with Crippen LogP contribution in [0.3, 0.4) is 0 Å². The number of nitrogens with one attached hydrogen (secondary N) is 2. The van der Waals surface area contributed by atoms with Gasteiger partial charge in [-0.3, -0.25) is 4.79 Å². The minimum Gasteiger partial charge on any atom is -0.380 e. The van der Waals surface area contributed by atoms with Gasteiger partial charge in [-0.2, -0.15) is 5.10 Å². The molecule has 2 N–H and O–H groups in total. The Morgan fingerprint density at radius 2 is 1.78 bits per heavy atom. The molecule has 0 bridgehead atoms. The van der Waals surface area contributed by atoms with Crippen LogP contribution in [0.25, 0.3) is 10.8 Å². The average Bonchev–Trinajstić information content (AvgIpc) is 2.86. The molecule has 5 nitrogen and oxygen atoms in total. The van der Waals surface area contributed by atoms with E-state index in [1.807, 2.05) is 24.3 Å². The first-order chi connectivity index (χ1) is 17.3. The highest BCUT2D eigenvalue weighted by atomic mass is 35.5. The first-order valence-corrected chi connectivity index (χ1v) is 13.0. The van der Waals surface area contributed by atoms with Crippen molar-refractivity contribution < 1.29 is 13.2 Å². The molecule has 2 atom stereocenters. The SMILES string of the molecule is O=c1[nH]nc2c3c(cc(F)cc13)N[C@H](C1CCN(C3CCC(F)(F)CC3)CC1)[C@H]2c1ccccc1Cl. The van der Waals surface area contributed by atoms with Crippen LogP contribution >= 0.6 is 11.6 Å². The molecule has 2 fully saturated rings. The molecule has 0 radical (unpaired) electrons. The quantitative estimate of drug-likeness (QED) is 0.453. The van der Waals surface area contributed by atoms with Gasteiger partial charge < -0.3 is 10.2 Å². The lowest BCUT2D eigenvalue weighted by atomic mass is 9.74. The molecule has 2 aliphatic heterocycles. The number of alkyl halides is 2. The summed E-state index contributed by atoms with van der Waals surface area (Å²) in [5.41, 5.74) is 1.74. The normalized spacial score (nSPS) is 25.1. The Labute approximate surface area is 212 Å². The van der Waals surface area contributed by atoms with Crippen LogP contribution in [0.2, 0.25) is 5.02 Å². The fourth-order valence-corrected chi connectivity index (χ4v) is 6.81. The lowest BCUT2D eigenvalue weighted by molar-refractivity contribution is -0.0570. The molecule has 1 saturated heterocycles. The number of benzene rings is 2. The first kappa shape index (κ1) is 23.8. The molecule has 2 aromatic carbocycles. The largest absolute Gasteiger partial charge is 0.380 e. The van der Waals surface area contributed by atoms with Crippen molar-refractivity contribution >= 4 is 28.1 Å². The zero-order valence-electron chi connectivity index (χ0n) is 19.7. The summed E-state index contributed by atoms with van der Waals surface area (Å²) in [4.78, 5) is 14.9. The molecule has 1 aromatic heterocycles. The molecular weight excluding hydrogens is 489 g/mol. The van der Waals surface area contributed by atoms with E-state index >= 15 is 0 Å². The summed E-state index contributed by atoms with van der Waals surface area (Å²) in [5, 5.41) is 12.1. The van der Waals surface area contributed by atoms with Crippen LogP contribution in [0.1, 0.15) is 55.7 Å². The molecule has 0 spiro atoms. The second kappa shape index (κ2) is 9.06. The van der Waals surface area contributed by atoms with Gasteiger partial charge in [0.05, 0.1) is 17.0 Å². The summed E-state index contributed by atoms with van der Waals surface area (Å²) in [6, 6.07) is 10.4. The van der Waals surface area contributed by atoms with Gasteiger partial charge in [0.15, 0.2) is 0 Å². The number of H-pyrrole nitrogens is 1. The molecular formula is C27H28ClF3N4O. The van der Waals surface area contributed by atoms with Crippen LogP contribution in [-0.4, -0.2) is 46.2 Å². The Hall–Kier alpha value is -2.58. The van der Waals surface area contributed by atoms with Crippen LogP contribution in [0.5, 0.6) is 0 Å². The van der Waals surface area contributed by atoms with Gasteiger partial charge >= 0.3 is 0 Å². The average molecular weight is 517 g/mol. The minimum atomic E-state index is -2.53. The van der Waals surface area contributed by atoms with Gasteiger partial charge in [-0.1, -0.05) is 29.8 Å². The number of nitrogens with zero attached hydrogens (tertiary/aromatic N) is 2. The highest BCUT2D eigenvalue weighted by molar-refractivity contribution is 6.31. The van der Waals surface area contributed by atoms with Crippen molar-refractivity contribution in [3.63, 3.8) is 0 Å². The minimum absolute atomic E-state index is 0.0351. The third-order valence-electron chi connectivity index (χ3n) is 8.38. The number of halogens is 4. The van der Waals surface area contributed by atoms with E-state index in [9.17, 15) is 18.0 Å². The lowest BCUT2D eigenvalue weighted by Crippen LogP contribution is -2.49. The van der Waals surface area contributed by atoms with Gasteiger partial charge in [-0.25, -0.2) is 18.3 Å². The number of rotatable bonds is 3. The smallest absolute Gasteiger partial charge is 0.272 e. The Kier molecular flexibility index (Phi) is 5.99. The Balaban J connectivity index is 1.33. The van der Waals surface area contributed by atoms with Crippen molar-refractivity contribution in [1.29, 1.82) is 0 Å². The number of likely N-dealkylation sites (tertiary alicyclic amines) is 1. The van der Waals surface area contributed by atoms with Gasteiger partial charge in [-0.15, -0.1) is 0 Å². The summed E-state index contributed by atoms with van der Waals surface area (Å²) in [6.45, 7) is 1.66. The maximum absolute atomic E-state index is 14.5. The molecule has 0 unspecified atom stereocenters. The third kappa shape index (κ3) is 4.18. The first-order valence-electron chi connectivity index (χ1n) is 12.7. The van der Waals surface area contributed by atoms with E-state index in [0.29, 0.717) is 34.6 Å². The maximum atomic E-state index is 14.5. The second-order valence-corrected chi connectivity index (χ2v) is 10.9. The zero-order chi connectivity index (χ0) is 25.0. The molecule has 0 amide bonds. The van der Waals surface area contributed by atoms with Gasteiger partial charge in [-0.05, 0) is 68.5 Å². The highest BCUT2D eigenvalue weighted by Crippen LogP contribution is 2.46. The van der Waals surface area contributed by atoms with Crippen LogP contribution in [-0.2, 0) is 0 Å². The lowest BCUT2D eigenvalue weighted by Gasteiger charge is -2.45. The molecule has 3 aromatic rings. The number of hydrogen-bond donors (Lipinski definition) is 2. The topological polar surface area (TPSA) is 61.0 Å². The van der Waals surface area contributed by atoms with Gasteiger partial charge in [0.25, 0.3) is 5.56 Å². The van der Waals surface area contributed by atoms with Crippen molar-refractivity contribution in [3.05, 3.63) is 68.8 Å². The summed E-state index contributed by atoms with van der Waals surface area (Å²) in [6.07, 6.45) is 2.76. The van der Waals surface area contributed by atoms with E-state index in [2.05, 4.69) is 20.4 Å². The molecule has 190 valence electrons. The molecule has 1 saturated carbocycles. The number of aromatic amines is 1. The zero-order valence-corrected chi connectivity index (χ0v) is 20.5. The molecule has 3 heterocycles. The number of piperidine rings is 1. The number of hydrogen-bond acceptors (Lipinski definition) is 4. The van der Waals surface area contributed by atoms with Crippen LogP contribution in [0.4, 0.5) is 18.9 Å². The van der Waals surface area contributed by atoms with E-state index in [1.165, 1.54) is 12.1 Å². The van der Waals surface area contributed by atoms with E-state index in [4.69, 9.17) is 11.6 Å². The molecule has 6 rings (SSSR count). The summed E-state index contributed by atoms with van der Waals surface area (Å²) in [7, 11) is 0. The highest BCUT2D eigenvalue weighted by Gasteiger charge is 2.42. The predicted octanol–water partition coefficient (Wildman–Crippen LogP) is 5.93. The van der Waals surface area contributed by atoms with Gasteiger partial charge in [0, 0.05) is 41.0 Å². The molecule has 36 heavy (non-hydrogen) atoms. The van der Waals surface area contributed by atoms with E-state index in [0.717, 1.165) is 31.5 Å². The monoisotopic (exact) mass is 516 g/mol. The van der Waals surface area contributed by atoms with Crippen LogP contribution in [0.15, 0.2) is 41.2 Å². The maximum Gasteiger partial charge on any atom is 0.272 e. The van der Waals surface area contributed by atoms with Gasteiger partial charge in [0.2, 0.25) is 5.92 Å². The molecule has 3 aliphatic rings. The summed E-state index contributed by atoms with van der Waals surface area (Å²) >= 11 is 6.67. The number of aromatic nitrogens is 2. The molecule has 9 heteroatoms. The Morgan fingerprint density at radius 1 is 1.06 bits per heavy atom. The Morgan fingerprint density at radius 3 is 2.50 bits per heavy atom. The Bertz CT molecular complexity index is 1340. The molecule has 1 aliphatic carbocycles. The summed E-state index contributed by atoms with van der Waals surface area (Å²) in [5.74, 6) is -3.01. The summed E-state index contributed by atoms with van der Waals surface area (Å²) < 4.78 is 41.8. The third-order valence-corrected chi connectivity index (χ3v) is 8.73. The van der Waals surface area contributed by atoms with Crippen molar-refractivity contribution in [3.8, 4) is 0 Å². The number of anilines is 1. The van der Waals surface area contributed by atoms with Crippen LogP contribution < -0.4 is 10.9 Å².